The SMILES string of the molecule is O=C(COC(=O)c1cnccn1)Nc1cc(C(F)(F)F)cc(C(F)(F)F)c1. The lowest BCUT2D eigenvalue weighted by molar-refractivity contribution is -0.143. The molecular formula is C15H9F6N3O3. The highest BCUT2D eigenvalue weighted by atomic mass is 19.4. The van der Waals surface area contributed by atoms with Gasteiger partial charge in [-0.25, -0.2) is 9.78 Å². The predicted octanol–water partition coefficient (Wildman–Crippen LogP) is 3.31. The van der Waals surface area contributed by atoms with E-state index in [2.05, 4.69) is 14.7 Å². The number of aromatic nitrogens is 2. The molecule has 0 aliphatic heterocycles. The van der Waals surface area contributed by atoms with E-state index in [1.165, 1.54) is 12.4 Å². The first-order valence-electron chi connectivity index (χ1n) is 6.99. The number of alkyl halides is 6. The van der Waals surface area contributed by atoms with Gasteiger partial charge in [0.1, 0.15) is 0 Å². The number of amides is 1. The first-order valence-corrected chi connectivity index (χ1v) is 6.99. The van der Waals surface area contributed by atoms with Crippen molar-refractivity contribution in [3.05, 3.63) is 53.6 Å². The van der Waals surface area contributed by atoms with Crippen LogP contribution in [0.15, 0.2) is 36.8 Å². The van der Waals surface area contributed by atoms with Crippen molar-refractivity contribution in [2.75, 3.05) is 11.9 Å². The van der Waals surface area contributed by atoms with Gasteiger partial charge in [-0.05, 0) is 18.2 Å². The third-order valence-corrected chi connectivity index (χ3v) is 2.98. The molecule has 1 amide bonds. The number of nitrogens with zero attached hydrogens (tertiary/aromatic N) is 2. The monoisotopic (exact) mass is 393 g/mol. The summed E-state index contributed by atoms with van der Waals surface area (Å²) in [6, 6.07) is 0.582. The molecule has 0 unspecified atom stereocenters. The van der Waals surface area contributed by atoms with Crippen molar-refractivity contribution in [1.82, 2.24) is 9.97 Å². The Bertz CT molecular complexity index is 805. The molecule has 6 nitrogen and oxygen atoms in total. The first kappa shape index (κ1) is 20.1. The number of rotatable bonds is 4. The van der Waals surface area contributed by atoms with Gasteiger partial charge in [-0.2, -0.15) is 26.3 Å². The minimum absolute atomic E-state index is 0.0796. The molecule has 12 heteroatoms. The molecule has 1 aromatic carbocycles. The average Bonchev–Trinajstić information content (AvgIpc) is 2.58. The summed E-state index contributed by atoms with van der Waals surface area (Å²) in [6.07, 6.45) is -6.62. The highest BCUT2D eigenvalue weighted by Gasteiger charge is 2.37. The van der Waals surface area contributed by atoms with Crippen LogP contribution in [0.5, 0.6) is 0 Å². The number of carbonyl (C=O) groups excluding carboxylic acids is 2. The minimum Gasteiger partial charge on any atom is -0.451 e. The third kappa shape index (κ3) is 5.66. The molecule has 0 bridgehead atoms. The fourth-order valence-corrected chi connectivity index (χ4v) is 1.83. The molecule has 1 aromatic heterocycles. The number of halogens is 6. The molecule has 2 aromatic rings. The topological polar surface area (TPSA) is 81.2 Å². The molecule has 1 N–H and O–H groups in total. The Hall–Kier alpha value is -3.18. The zero-order valence-corrected chi connectivity index (χ0v) is 13.1. The van der Waals surface area contributed by atoms with Crippen LogP contribution >= 0.6 is 0 Å². The third-order valence-electron chi connectivity index (χ3n) is 2.98. The van der Waals surface area contributed by atoms with E-state index in [9.17, 15) is 35.9 Å². The highest BCUT2D eigenvalue weighted by molar-refractivity contribution is 5.94. The minimum atomic E-state index is -5.06. The smallest absolute Gasteiger partial charge is 0.416 e. The van der Waals surface area contributed by atoms with Crippen molar-refractivity contribution in [2.45, 2.75) is 12.4 Å². The van der Waals surface area contributed by atoms with E-state index in [1.54, 1.807) is 0 Å². The summed E-state index contributed by atoms with van der Waals surface area (Å²) in [4.78, 5) is 30.4. The summed E-state index contributed by atoms with van der Waals surface area (Å²) in [5.41, 5.74) is -4.17. The molecule has 144 valence electrons. The van der Waals surface area contributed by atoms with Gasteiger partial charge in [0.2, 0.25) is 0 Å². The van der Waals surface area contributed by atoms with Crippen LogP contribution in [-0.4, -0.2) is 28.5 Å². The number of carbonyl (C=O) groups is 2. The maximum absolute atomic E-state index is 12.8. The van der Waals surface area contributed by atoms with Crippen molar-refractivity contribution >= 4 is 17.6 Å². The normalized spacial score (nSPS) is 11.8. The number of hydrogen-bond acceptors (Lipinski definition) is 5. The summed E-state index contributed by atoms with van der Waals surface area (Å²) in [7, 11) is 0. The Balaban J connectivity index is 2.11. The van der Waals surface area contributed by atoms with E-state index >= 15 is 0 Å². The van der Waals surface area contributed by atoms with Crippen LogP contribution in [0.3, 0.4) is 0 Å². The molecular weight excluding hydrogens is 384 g/mol. The van der Waals surface area contributed by atoms with Gasteiger partial charge in [0.15, 0.2) is 12.3 Å². The molecule has 0 atom stereocenters. The molecule has 0 saturated carbocycles. The zero-order chi connectivity index (χ0) is 20.2. The maximum atomic E-state index is 12.8. The van der Waals surface area contributed by atoms with Gasteiger partial charge in [-0.1, -0.05) is 0 Å². The Morgan fingerprint density at radius 2 is 1.56 bits per heavy atom. The van der Waals surface area contributed by atoms with Gasteiger partial charge in [0, 0.05) is 18.1 Å². The van der Waals surface area contributed by atoms with E-state index in [4.69, 9.17) is 0 Å². The van der Waals surface area contributed by atoms with E-state index in [0.717, 1.165) is 6.20 Å². The van der Waals surface area contributed by atoms with Gasteiger partial charge in [0.05, 0.1) is 17.3 Å². The van der Waals surface area contributed by atoms with Crippen LogP contribution in [0, 0.1) is 0 Å². The Labute approximate surface area is 147 Å². The lowest BCUT2D eigenvalue weighted by atomic mass is 10.1. The summed E-state index contributed by atoms with van der Waals surface area (Å²) in [6.45, 7) is -0.951. The molecule has 2 rings (SSSR count). The fraction of sp³-hybridized carbons (Fsp3) is 0.200. The average molecular weight is 393 g/mol. The van der Waals surface area contributed by atoms with Gasteiger partial charge in [-0.3, -0.25) is 9.78 Å². The molecule has 0 radical (unpaired) electrons. The summed E-state index contributed by atoms with van der Waals surface area (Å²) in [5.74, 6) is -2.18. The maximum Gasteiger partial charge on any atom is 0.416 e. The summed E-state index contributed by atoms with van der Waals surface area (Å²) >= 11 is 0. The van der Waals surface area contributed by atoms with Crippen LogP contribution < -0.4 is 5.32 Å². The fourth-order valence-electron chi connectivity index (χ4n) is 1.83. The molecule has 0 spiro atoms. The highest BCUT2D eigenvalue weighted by Crippen LogP contribution is 2.37. The largest absolute Gasteiger partial charge is 0.451 e. The lowest BCUT2D eigenvalue weighted by Crippen LogP contribution is -2.22. The van der Waals surface area contributed by atoms with Crippen molar-refractivity contribution in [1.29, 1.82) is 0 Å². The number of nitrogens with one attached hydrogen (secondary N) is 1. The second-order valence-corrected chi connectivity index (χ2v) is 5.01. The molecule has 1 heterocycles. The van der Waals surface area contributed by atoms with Crippen molar-refractivity contribution in [2.24, 2.45) is 0 Å². The van der Waals surface area contributed by atoms with Crippen LogP contribution in [0.1, 0.15) is 21.6 Å². The second-order valence-electron chi connectivity index (χ2n) is 5.01. The standard InChI is InChI=1S/C15H9F6N3O3/c16-14(17,18)8-3-9(15(19,20)21)5-10(4-8)24-12(25)7-27-13(26)11-6-22-1-2-23-11/h1-6H,7H2,(H,24,25). The Morgan fingerprint density at radius 1 is 0.963 bits per heavy atom. The molecule has 0 saturated heterocycles. The van der Waals surface area contributed by atoms with Crippen LogP contribution in [0.2, 0.25) is 0 Å². The number of esters is 1. The summed E-state index contributed by atoms with van der Waals surface area (Å²) < 4.78 is 81.1. The van der Waals surface area contributed by atoms with Crippen LogP contribution in [0.4, 0.5) is 32.0 Å². The molecule has 0 fully saturated rings. The van der Waals surface area contributed by atoms with E-state index in [0.29, 0.717) is 12.1 Å². The van der Waals surface area contributed by atoms with Gasteiger partial charge < -0.3 is 10.1 Å². The Morgan fingerprint density at radius 3 is 2.04 bits per heavy atom. The molecule has 27 heavy (non-hydrogen) atoms. The van der Waals surface area contributed by atoms with Crippen molar-refractivity contribution < 1.29 is 40.7 Å². The van der Waals surface area contributed by atoms with Crippen LogP contribution in [-0.2, 0) is 21.9 Å². The number of anilines is 1. The van der Waals surface area contributed by atoms with Crippen LogP contribution in [0.25, 0.3) is 0 Å². The van der Waals surface area contributed by atoms with E-state index in [1.807, 2.05) is 5.32 Å². The molecule has 0 aliphatic rings. The number of ether oxygens (including phenoxy) is 1. The first-order chi connectivity index (χ1) is 12.5. The zero-order valence-electron chi connectivity index (χ0n) is 13.1. The van der Waals surface area contributed by atoms with Gasteiger partial charge in [-0.15, -0.1) is 0 Å². The quantitative estimate of drug-likeness (QED) is 0.637. The van der Waals surface area contributed by atoms with E-state index < -0.39 is 47.7 Å². The van der Waals surface area contributed by atoms with E-state index in [-0.39, 0.29) is 11.8 Å². The van der Waals surface area contributed by atoms with Gasteiger partial charge in [0.25, 0.3) is 5.91 Å². The Kier molecular flexibility index (Phi) is 5.66. The number of hydrogen-bond donors (Lipinski definition) is 1. The predicted molar refractivity (Wildman–Crippen MR) is 77.4 cm³/mol. The molecule has 0 aliphatic carbocycles. The number of benzene rings is 1. The van der Waals surface area contributed by atoms with Crippen molar-refractivity contribution in [3.8, 4) is 0 Å². The second kappa shape index (κ2) is 7.60. The summed E-state index contributed by atoms with van der Waals surface area (Å²) in [5, 5.41) is 1.82. The van der Waals surface area contributed by atoms with Crippen molar-refractivity contribution in [3.63, 3.8) is 0 Å². The van der Waals surface area contributed by atoms with Gasteiger partial charge >= 0.3 is 18.3 Å². The lowest BCUT2D eigenvalue weighted by Gasteiger charge is -2.14.